The van der Waals surface area contributed by atoms with Gasteiger partial charge in [0, 0.05) is 31.0 Å². The van der Waals surface area contributed by atoms with Crippen molar-refractivity contribution in [2.75, 3.05) is 29.1 Å². The van der Waals surface area contributed by atoms with E-state index in [0.29, 0.717) is 28.4 Å². The average Bonchev–Trinajstić information content (AvgIpc) is 3.26. The topological polar surface area (TPSA) is 84.5 Å². The predicted octanol–water partition coefficient (Wildman–Crippen LogP) is 3.81. The number of benzene rings is 2. The van der Waals surface area contributed by atoms with Crippen LogP contribution in [-0.4, -0.2) is 43.9 Å². The third-order valence-electron chi connectivity index (χ3n) is 5.40. The summed E-state index contributed by atoms with van der Waals surface area (Å²) in [6.07, 6.45) is 1.65. The monoisotopic (exact) mass is 462 g/mol. The summed E-state index contributed by atoms with van der Waals surface area (Å²) in [7, 11) is 0. The van der Waals surface area contributed by atoms with Crippen LogP contribution in [0.15, 0.2) is 71.1 Å². The number of fused-ring (bicyclic) bond motifs is 3. The van der Waals surface area contributed by atoms with Crippen LogP contribution in [0.1, 0.15) is 13.8 Å². The lowest BCUT2D eigenvalue weighted by molar-refractivity contribution is -0.113. The highest BCUT2D eigenvalue weighted by molar-refractivity contribution is 7.99. The van der Waals surface area contributed by atoms with Gasteiger partial charge >= 0.3 is 0 Å². The van der Waals surface area contributed by atoms with Crippen molar-refractivity contribution in [3.63, 3.8) is 0 Å². The minimum atomic E-state index is -0.146. The van der Waals surface area contributed by atoms with Gasteiger partial charge in [-0.05, 0) is 50.2 Å². The number of rotatable bonds is 9. The maximum absolute atomic E-state index is 12.9. The van der Waals surface area contributed by atoms with E-state index >= 15 is 0 Å². The lowest BCUT2D eigenvalue weighted by atomic mass is 10.2. The Bertz CT molecular complexity index is 1360. The average molecular weight is 463 g/mol. The molecule has 2 aromatic carbocycles. The number of carbonyl (C=O) groups is 1. The summed E-state index contributed by atoms with van der Waals surface area (Å²) in [4.78, 5) is 27.7. The number of allylic oxidation sites excluding steroid dienone is 1. The van der Waals surface area contributed by atoms with E-state index in [4.69, 9.17) is 0 Å². The van der Waals surface area contributed by atoms with E-state index in [9.17, 15) is 9.59 Å². The fourth-order valence-corrected chi connectivity index (χ4v) is 4.53. The summed E-state index contributed by atoms with van der Waals surface area (Å²) in [6.45, 7) is 10.1. The number of amides is 1. The van der Waals surface area contributed by atoms with E-state index in [0.717, 1.165) is 24.5 Å². The van der Waals surface area contributed by atoms with Crippen LogP contribution in [0.25, 0.3) is 16.7 Å². The smallest absolute Gasteiger partial charge is 0.263 e. The molecule has 0 fully saturated rings. The Morgan fingerprint density at radius 1 is 1.12 bits per heavy atom. The van der Waals surface area contributed by atoms with E-state index in [1.54, 1.807) is 12.1 Å². The Kier molecular flexibility index (Phi) is 6.79. The van der Waals surface area contributed by atoms with Gasteiger partial charge in [-0.2, -0.15) is 0 Å². The second-order valence-electron chi connectivity index (χ2n) is 7.40. The highest BCUT2D eigenvalue weighted by atomic mass is 32.2. The van der Waals surface area contributed by atoms with Gasteiger partial charge in [-0.15, -0.1) is 16.8 Å². The molecular weight excluding hydrogens is 436 g/mol. The van der Waals surface area contributed by atoms with E-state index in [-0.39, 0.29) is 17.2 Å². The number of thioether (sulfide) groups is 1. The predicted molar refractivity (Wildman–Crippen MR) is 134 cm³/mol. The van der Waals surface area contributed by atoms with Crippen LogP contribution in [0, 0.1) is 0 Å². The van der Waals surface area contributed by atoms with Crippen molar-refractivity contribution in [2.24, 2.45) is 0 Å². The minimum absolute atomic E-state index is 0.143. The molecule has 0 atom stereocenters. The zero-order chi connectivity index (χ0) is 23.4. The molecule has 0 bridgehead atoms. The number of hydrogen-bond acceptors (Lipinski definition) is 6. The molecule has 0 saturated carbocycles. The van der Waals surface area contributed by atoms with Crippen LogP contribution in [0.2, 0.25) is 0 Å². The van der Waals surface area contributed by atoms with Crippen molar-refractivity contribution in [1.82, 2.24) is 19.2 Å². The number of hydrogen-bond donors (Lipinski definition) is 1. The molecule has 0 saturated heterocycles. The van der Waals surface area contributed by atoms with Crippen molar-refractivity contribution in [3.8, 4) is 0 Å². The van der Waals surface area contributed by atoms with Crippen LogP contribution in [0.4, 0.5) is 11.4 Å². The van der Waals surface area contributed by atoms with Crippen molar-refractivity contribution in [1.29, 1.82) is 0 Å². The van der Waals surface area contributed by atoms with Crippen LogP contribution in [0.5, 0.6) is 0 Å². The fraction of sp³-hybridized carbons (Fsp3) is 0.250. The first-order valence-corrected chi connectivity index (χ1v) is 11.8. The normalized spacial score (nSPS) is 11.1. The number of nitrogens with one attached hydrogen (secondary N) is 1. The second-order valence-corrected chi connectivity index (χ2v) is 8.34. The quantitative estimate of drug-likeness (QED) is 0.301. The van der Waals surface area contributed by atoms with Crippen LogP contribution < -0.4 is 15.8 Å². The second kappa shape index (κ2) is 9.91. The fourth-order valence-electron chi connectivity index (χ4n) is 3.79. The van der Waals surface area contributed by atoms with Crippen LogP contribution >= 0.6 is 11.8 Å². The first-order chi connectivity index (χ1) is 16.1. The lowest BCUT2D eigenvalue weighted by Crippen LogP contribution is -2.23. The molecule has 0 spiro atoms. The first-order valence-electron chi connectivity index (χ1n) is 10.8. The number of carbonyl (C=O) groups excluding carboxylic acids is 1. The zero-order valence-electron chi connectivity index (χ0n) is 18.7. The largest absolute Gasteiger partial charge is 0.372 e. The Labute approximate surface area is 195 Å². The third kappa shape index (κ3) is 4.49. The number of anilines is 2. The summed E-state index contributed by atoms with van der Waals surface area (Å²) < 4.78 is 3.35. The molecule has 1 amide bonds. The molecule has 1 N–H and O–H groups in total. The first kappa shape index (κ1) is 22.6. The van der Waals surface area contributed by atoms with Gasteiger partial charge in [-0.25, -0.2) is 0 Å². The van der Waals surface area contributed by atoms with Gasteiger partial charge in [0.05, 0.1) is 16.7 Å². The SMILES string of the molecule is C=CCn1c(=O)c2ccccc2n2c(SCC(=O)Nc3ccc(N(CC)CC)cc3)nnc12. The molecule has 9 heteroatoms. The molecular formula is C24H26N6O2S. The number of para-hydroxylation sites is 1. The van der Waals surface area contributed by atoms with E-state index < -0.39 is 0 Å². The van der Waals surface area contributed by atoms with Gasteiger partial charge in [-0.3, -0.25) is 18.6 Å². The van der Waals surface area contributed by atoms with Gasteiger partial charge in [0.25, 0.3) is 5.56 Å². The van der Waals surface area contributed by atoms with Gasteiger partial charge in [-0.1, -0.05) is 30.0 Å². The van der Waals surface area contributed by atoms with Gasteiger partial charge in [0.15, 0.2) is 5.16 Å². The van der Waals surface area contributed by atoms with Gasteiger partial charge in [0.1, 0.15) is 0 Å². The Morgan fingerprint density at radius 2 is 1.85 bits per heavy atom. The minimum Gasteiger partial charge on any atom is -0.372 e. The summed E-state index contributed by atoms with van der Waals surface area (Å²) in [5.74, 6) is 0.442. The molecule has 33 heavy (non-hydrogen) atoms. The number of nitrogens with zero attached hydrogens (tertiary/aromatic N) is 5. The van der Waals surface area contributed by atoms with Crippen molar-refractivity contribution in [3.05, 3.63) is 71.5 Å². The van der Waals surface area contributed by atoms with E-state index in [2.05, 4.69) is 40.8 Å². The van der Waals surface area contributed by atoms with E-state index in [1.807, 2.05) is 46.9 Å². The summed E-state index contributed by atoms with van der Waals surface area (Å²) in [5, 5.41) is 12.5. The van der Waals surface area contributed by atoms with Crippen molar-refractivity contribution >= 4 is 45.7 Å². The molecule has 4 rings (SSSR count). The molecule has 4 aromatic rings. The standard InChI is InChI=1S/C24H26N6O2S/c1-4-15-29-22(32)19-9-7-8-10-20(19)30-23(29)26-27-24(30)33-16-21(31)25-17-11-13-18(14-12-17)28(5-2)6-3/h4,7-14H,1,5-6,15-16H2,2-3H3,(H,25,31). The zero-order valence-corrected chi connectivity index (χ0v) is 19.5. The molecule has 0 aliphatic rings. The van der Waals surface area contributed by atoms with Crippen molar-refractivity contribution in [2.45, 2.75) is 25.5 Å². The molecule has 0 unspecified atom stereocenters. The highest BCUT2D eigenvalue weighted by Gasteiger charge is 2.17. The molecule has 170 valence electrons. The van der Waals surface area contributed by atoms with Crippen molar-refractivity contribution < 1.29 is 4.79 Å². The van der Waals surface area contributed by atoms with Gasteiger partial charge in [0.2, 0.25) is 11.7 Å². The Hall–Kier alpha value is -3.59. The van der Waals surface area contributed by atoms with Crippen LogP contribution in [0.3, 0.4) is 0 Å². The maximum atomic E-state index is 12.9. The highest BCUT2D eigenvalue weighted by Crippen LogP contribution is 2.22. The molecule has 2 heterocycles. The van der Waals surface area contributed by atoms with Gasteiger partial charge < -0.3 is 10.2 Å². The number of aromatic nitrogens is 4. The third-order valence-corrected chi connectivity index (χ3v) is 6.33. The van der Waals surface area contributed by atoms with E-state index in [1.165, 1.54) is 16.3 Å². The molecule has 0 radical (unpaired) electrons. The maximum Gasteiger partial charge on any atom is 0.263 e. The Morgan fingerprint density at radius 3 is 2.55 bits per heavy atom. The van der Waals surface area contributed by atoms with Crippen LogP contribution in [-0.2, 0) is 11.3 Å². The molecule has 8 nitrogen and oxygen atoms in total. The molecule has 2 aromatic heterocycles. The molecule has 0 aliphatic heterocycles. The Balaban J connectivity index is 1.54. The molecule has 0 aliphatic carbocycles. The lowest BCUT2D eigenvalue weighted by Gasteiger charge is -2.21. The summed E-state index contributed by atoms with van der Waals surface area (Å²) >= 11 is 1.27. The summed E-state index contributed by atoms with van der Waals surface area (Å²) in [6, 6.07) is 15.1. The summed E-state index contributed by atoms with van der Waals surface area (Å²) in [5.41, 5.74) is 2.43.